The number of aromatic nitrogens is 3. The van der Waals surface area contributed by atoms with Crippen molar-refractivity contribution in [1.29, 1.82) is 0 Å². The molecule has 0 aliphatic carbocycles. The average molecular weight is 197 g/mol. The first kappa shape index (κ1) is 11.1. The van der Waals surface area contributed by atoms with Gasteiger partial charge in [0.2, 0.25) is 0 Å². The van der Waals surface area contributed by atoms with Gasteiger partial charge in [-0.2, -0.15) is 5.10 Å². The summed E-state index contributed by atoms with van der Waals surface area (Å²) >= 11 is 0. The average Bonchev–Trinajstić information content (AvgIpc) is 2.59. The summed E-state index contributed by atoms with van der Waals surface area (Å²) in [5.74, 6) is 7.01. The quantitative estimate of drug-likeness (QED) is 0.524. The molecular formula is C9H19N5. The van der Waals surface area contributed by atoms with Gasteiger partial charge in [0.15, 0.2) is 0 Å². The van der Waals surface area contributed by atoms with Crippen molar-refractivity contribution in [2.75, 3.05) is 0 Å². The van der Waals surface area contributed by atoms with Crippen LogP contribution in [0.15, 0.2) is 6.33 Å². The maximum absolute atomic E-state index is 5.51. The molecule has 0 saturated heterocycles. The van der Waals surface area contributed by atoms with Crippen LogP contribution >= 0.6 is 0 Å². The van der Waals surface area contributed by atoms with Crippen molar-refractivity contribution in [3.05, 3.63) is 12.2 Å². The Balaban J connectivity index is 2.61. The van der Waals surface area contributed by atoms with Gasteiger partial charge < -0.3 is 0 Å². The van der Waals surface area contributed by atoms with Crippen molar-refractivity contribution in [3.8, 4) is 0 Å². The minimum atomic E-state index is 0.267. The molecular weight excluding hydrogens is 178 g/mol. The largest absolute Gasteiger partial charge is 0.271 e. The van der Waals surface area contributed by atoms with Gasteiger partial charge in [0.05, 0.1) is 0 Å². The van der Waals surface area contributed by atoms with E-state index in [1.807, 2.05) is 7.05 Å². The summed E-state index contributed by atoms with van der Waals surface area (Å²) in [6.45, 7) is 4.34. The van der Waals surface area contributed by atoms with E-state index in [1.165, 1.54) is 0 Å². The zero-order chi connectivity index (χ0) is 10.6. The van der Waals surface area contributed by atoms with Gasteiger partial charge in [0, 0.05) is 19.5 Å². The highest BCUT2D eigenvalue weighted by Crippen LogP contribution is 2.10. The van der Waals surface area contributed by atoms with Gasteiger partial charge in [-0.3, -0.25) is 16.0 Å². The monoisotopic (exact) mass is 197 g/mol. The van der Waals surface area contributed by atoms with Gasteiger partial charge >= 0.3 is 0 Å². The molecule has 0 bridgehead atoms. The van der Waals surface area contributed by atoms with E-state index in [9.17, 15) is 0 Å². The molecule has 1 aromatic heterocycles. The fourth-order valence-electron chi connectivity index (χ4n) is 1.41. The molecule has 3 N–H and O–H groups in total. The van der Waals surface area contributed by atoms with Crippen LogP contribution in [0.4, 0.5) is 0 Å². The molecule has 0 radical (unpaired) electrons. The lowest BCUT2D eigenvalue weighted by atomic mass is 9.97. The first-order valence-electron chi connectivity index (χ1n) is 4.98. The minimum absolute atomic E-state index is 0.267. The molecule has 0 fully saturated rings. The highest BCUT2D eigenvalue weighted by molar-refractivity contribution is 4.89. The molecule has 0 amide bonds. The topological polar surface area (TPSA) is 68.8 Å². The van der Waals surface area contributed by atoms with Gasteiger partial charge in [0.1, 0.15) is 12.2 Å². The number of rotatable bonds is 5. The normalized spacial score (nSPS) is 15.4. The molecule has 5 nitrogen and oxygen atoms in total. The van der Waals surface area contributed by atoms with E-state index >= 15 is 0 Å². The fourth-order valence-corrected chi connectivity index (χ4v) is 1.41. The summed E-state index contributed by atoms with van der Waals surface area (Å²) in [5, 5.41) is 4.03. The van der Waals surface area contributed by atoms with Crippen LogP contribution in [0.25, 0.3) is 0 Å². The molecule has 1 heterocycles. The maximum atomic E-state index is 5.51. The standard InChI is InChI=1S/C9H19N5/c1-4-7(2)8(13-10)5-9-11-6-12-14(9)3/h6-8,13H,4-5,10H2,1-3H3. The summed E-state index contributed by atoms with van der Waals surface area (Å²) in [6, 6.07) is 0.267. The molecule has 14 heavy (non-hydrogen) atoms. The minimum Gasteiger partial charge on any atom is -0.271 e. The predicted octanol–water partition coefficient (Wildman–Crippen LogP) is 0.236. The molecule has 1 aromatic rings. The summed E-state index contributed by atoms with van der Waals surface area (Å²) in [4.78, 5) is 4.18. The van der Waals surface area contributed by atoms with E-state index < -0.39 is 0 Å². The van der Waals surface area contributed by atoms with Crippen LogP contribution in [0, 0.1) is 5.92 Å². The lowest BCUT2D eigenvalue weighted by molar-refractivity contribution is 0.361. The molecule has 2 unspecified atom stereocenters. The second-order valence-corrected chi connectivity index (χ2v) is 3.66. The molecule has 0 aliphatic heterocycles. The van der Waals surface area contributed by atoms with Gasteiger partial charge in [-0.05, 0) is 5.92 Å². The Morgan fingerprint density at radius 1 is 1.64 bits per heavy atom. The van der Waals surface area contributed by atoms with E-state index in [2.05, 4.69) is 29.4 Å². The van der Waals surface area contributed by atoms with Crippen molar-refractivity contribution >= 4 is 0 Å². The van der Waals surface area contributed by atoms with Crippen LogP contribution in [0.5, 0.6) is 0 Å². The van der Waals surface area contributed by atoms with Crippen LogP contribution < -0.4 is 11.3 Å². The third kappa shape index (κ3) is 2.52. The van der Waals surface area contributed by atoms with Crippen LogP contribution in [0.2, 0.25) is 0 Å². The smallest absolute Gasteiger partial charge is 0.138 e. The first-order valence-corrected chi connectivity index (χ1v) is 4.98. The number of nitrogens with zero attached hydrogens (tertiary/aromatic N) is 3. The maximum Gasteiger partial charge on any atom is 0.138 e. The van der Waals surface area contributed by atoms with Gasteiger partial charge in [-0.15, -0.1) is 0 Å². The predicted molar refractivity (Wildman–Crippen MR) is 55.3 cm³/mol. The molecule has 0 aliphatic rings. The van der Waals surface area contributed by atoms with E-state index in [1.54, 1.807) is 11.0 Å². The Kier molecular flexibility index (Phi) is 4.03. The Bertz CT molecular complexity index is 270. The Morgan fingerprint density at radius 3 is 2.79 bits per heavy atom. The third-order valence-corrected chi connectivity index (χ3v) is 2.75. The molecule has 5 heteroatoms. The van der Waals surface area contributed by atoms with Crippen molar-refractivity contribution in [2.24, 2.45) is 18.8 Å². The summed E-state index contributed by atoms with van der Waals surface area (Å²) in [7, 11) is 1.90. The number of nitrogens with one attached hydrogen (secondary N) is 1. The van der Waals surface area contributed by atoms with Gasteiger partial charge in [-0.25, -0.2) is 4.98 Å². The molecule has 0 aromatic carbocycles. The number of hydrogen-bond acceptors (Lipinski definition) is 4. The van der Waals surface area contributed by atoms with Crippen molar-refractivity contribution in [1.82, 2.24) is 20.2 Å². The molecule has 2 atom stereocenters. The van der Waals surface area contributed by atoms with E-state index in [0.29, 0.717) is 5.92 Å². The Labute approximate surface area is 84.7 Å². The van der Waals surface area contributed by atoms with Crippen LogP contribution in [-0.2, 0) is 13.5 Å². The number of nitrogens with two attached hydrogens (primary N) is 1. The zero-order valence-corrected chi connectivity index (χ0v) is 9.07. The first-order chi connectivity index (χ1) is 6.69. The number of aryl methyl sites for hydroxylation is 1. The van der Waals surface area contributed by atoms with E-state index in [0.717, 1.165) is 18.7 Å². The SMILES string of the molecule is CCC(C)C(Cc1ncnn1C)NN. The fraction of sp³-hybridized carbons (Fsp3) is 0.778. The molecule has 1 rings (SSSR count). The lowest BCUT2D eigenvalue weighted by Gasteiger charge is -2.21. The third-order valence-electron chi connectivity index (χ3n) is 2.75. The lowest BCUT2D eigenvalue weighted by Crippen LogP contribution is -2.41. The Hall–Kier alpha value is -0.940. The highest BCUT2D eigenvalue weighted by atomic mass is 15.3. The highest BCUT2D eigenvalue weighted by Gasteiger charge is 2.16. The van der Waals surface area contributed by atoms with Crippen molar-refractivity contribution < 1.29 is 0 Å². The van der Waals surface area contributed by atoms with Crippen molar-refractivity contribution in [2.45, 2.75) is 32.7 Å². The van der Waals surface area contributed by atoms with Crippen LogP contribution in [0.3, 0.4) is 0 Å². The zero-order valence-electron chi connectivity index (χ0n) is 9.07. The van der Waals surface area contributed by atoms with Crippen LogP contribution in [0.1, 0.15) is 26.1 Å². The number of hydrogen-bond donors (Lipinski definition) is 2. The second-order valence-electron chi connectivity index (χ2n) is 3.66. The van der Waals surface area contributed by atoms with Gasteiger partial charge in [-0.1, -0.05) is 20.3 Å². The summed E-state index contributed by atoms with van der Waals surface area (Å²) in [5.41, 5.74) is 2.84. The second kappa shape index (κ2) is 5.07. The summed E-state index contributed by atoms with van der Waals surface area (Å²) in [6.07, 6.45) is 3.49. The number of hydrazine groups is 1. The van der Waals surface area contributed by atoms with E-state index in [-0.39, 0.29) is 6.04 Å². The van der Waals surface area contributed by atoms with Crippen LogP contribution in [-0.4, -0.2) is 20.8 Å². The molecule has 80 valence electrons. The summed E-state index contributed by atoms with van der Waals surface area (Å²) < 4.78 is 1.78. The Morgan fingerprint density at radius 2 is 2.36 bits per heavy atom. The van der Waals surface area contributed by atoms with Gasteiger partial charge in [0.25, 0.3) is 0 Å². The van der Waals surface area contributed by atoms with E-state index in [4.69, 9.17) is 5.84 Å². The van der Waals surface area contributed by atoms with Crippen molar-refractivity contribution in [3.63, 3.8) is 0 Å². The molecule has 0 spiro atoms. The molecule has 0 saturated carbocycles.